The molecule has 11 atom stereocenters. The number of aliphatic hydroxyl groups excluding tert-OH is 7. The predicted molar refractivity (Wildman–Crippen MR) is 229 cm³/mol. The fraction of sp³-hybridized carbons (Fsp3) is 0.913. The molecule has 0 amide bonds. The Morgan fingerprint density at radius 1 is 0.508 bits per heavy atom. The molecule has 4 unspecified atom stereocenters. The van der Waals surface area contributed by atoms with Gasteiger partial charge in [-0.2, -0.15) is 0 Å². The molecule has 0 bridgehead atoms. The number of aliphatic hydroxyl groups is 7. The van der Waals surface area contributed by atoms with E-state index in [4.69, 9.17) is 28.4 Å². The van der Waals surface area contributed by atoms with Crippen molar-refractivity contribution < 1.29 is 73.8 Å². The second-order valence-corrected chi connectivity index (χ2v) is 16.9. The number of allylic oxidation sites excluding steroid dienone is 2. The van der Waals surface area contributed by atoms with Crippen LogP contribution in [0.2, 0.25) is 0 Å². The fourth-order valence-electron chi connectivity index (χ4n) is 7.50. The minimum absolute atomic E-state index is 0.166. The quantitative estimate of drug-likeness (QED) is 0.0236. The van der Waals surface area contributed by atoms with Gasteiger partial charge < -0.3 is 64.2 Å². The van der Waals surface area contributed by atoms with Crippen molar-refractivity contribution in [2.75, 3.05) is 26.4 Å². The molecule has 2 heterocycles. The van der Waals surface area contributed by atoms with E-state index in [0.29, 0.717) is 12.8 Å². The lowest BCUT2D eigenvalue weighted by Crippen LogP contribution is -2.61. The van der Waals surface area contributed by atoms with Crippen LogP contribution >= 0.6 is 0 Å². The topological polar surface area (TPSA) is 231 Å². The summed E-state index contributed by atoms with van der Waals surface area (Å²) < 4.78 is 33.4. The van der Waals surface area contributed by atoms with Gasteiger partial charge in [0, 0.05) is 12.8 Å². The summed E-state index contributed by atoms with van der Waals surface area (Å²) in [4.78, 5) is 25.6. The van der Waals surface area contributed by atoms with Crippen molar-refractivity contribution in [3.63, 3.8) is 0 Å². The van der Waals surface area contributed by atoms with E-state index in [9.17, 15) is 45.3 Å². The summed E-state index contributed by atoms with van der Waals surface area (Å²) in [5, 5.41) is 71.8. The molecule has 2 saturated heterocycles. The summed E-state index contributed by atoms with van der Waals surface area (Å²) in [7, 11) is 0. The van der Waals surface area contributed by atoms with Crippen LogP contribution in [0.15, 0.2) is 12.2 Å². The van der Waals surface area contributed by atoms with Crippen LogP contribution in [0.25, 0.3) is 0 Å². The van der Waals surface area contributed by atoms with Crippen LogP contribution in [-0.2, 0) is 38.0 Å². The highest BCUT2D eigenvalue weighted by molar-refractivity contribution is 5.70. The third-order valence-corrected chi connectivity index (χ3v) is 11.5. The Hall–Kier alpha value is -1.76. The van der Waals surface area contributed by atoms with E-state index < -0.39 is 92.7 Å². The van der Waals surface area contributed by atoms with Crippen molar-refractivity contribution in [2.45, 2.75) is 242 Å². The molecule has 358 valence electrons. The molecule has 0 spiro atoms. The van der Waals surface area contributed by atoms with Gasteiger partial charge in [0.15, 0.2) is 18.7 Å². The Labute approximate surface area is 365 Å². The van der Waals surface area contributed by atoms with Crippen molar-refractivity contribution in [3.8, 4) is 0 Å². The number of hydrogen-bond acceptors (Lipinski definition) is 15. The van der Waals surface area contributed by atoms with Crippen molar-refractivity contribution in [3.05, 3.63) is 12.2 Å². The third-order valence-electron chi connectivity index (χ3n) is 11.5. The SMILES string of the molecule is CCCCCC/C=C/CCCCCCCCCCCC(=O)O[C@H](COC(=O)CCCCCCCCCC)CO[C@H]1O[C@@H](CO[C@H]2O[C@@H](CO)[C@@H](O)C(O)C2O)[C@@H](O)C(O)C1O. The number of carbonyl (C=O) groups is 2. The maximum atomic E-state index is 12.9. The van der Waals surface area contributed by atoms with Crippen LogP contribution in [0.4, 0.5) is 0 Å². The van der Waals surface area contributed by atoms with Crippen molar-refractivity contribution in [1.29, 1.82) is 0 Å². The molecule has 2 aliphatic rings. The molecule has 2 fully saturated rings. The molecule has 0 aliphatic carbocycles. The van der Waals surface area contributed by atoms with Crippen LogP contribution in [-0.4, -0.2) is 142 Å². The van der Waals surface area contributed by atoms with Gasteiger partial charge in [0.2, 0.25) is 0 Å². The molecule has 0 aromatic rings. The van der Waals surface area contributed by atoms with Gasteiger partial charge in [-0.15, -0.1) is 0 Å². The lowest BCUT2D eigenvalue weighted by molar-refractivity contribution is -0.332. The van der Waals surface area contributed by atoms with Gasteiger partial charge in [-0.25, -0.2) is 0 Å². The van der Waals surface area contributed by atoms with E-state index in [2.05, 4.69) is 26.0 Å². The minimum atomic E-state index is -1.76. The molecule has 0 saturated carbocycles. The number of hydrogen-bond donors (Lipinski definition) is 7. The lowest BCUT2D eigenvalue weighted by Gasteiger charge is -2.42. The molecule has 15 nitrogen and oxygen atoms in total. The summed E-state index contributed by atoms with van der Waals surface area (Å²) in [6.45, 7) is 2.54. The highest BCUT2D eigenvalue weighted by atomic mass is 16.7. The summed E-state index contributed by atoms with van der Waals surface area (Å²) >= 11 is 0. The van der Waals surface area contributed by atoms with E-state index in [0.717, 1.165) is 44.9 Å². The smallest absolute Gasteiger partial charge is 0.306 e. The van der Waals surface area contributed by atoms with Crippen LogP contribution in [0.5, 0.6) is 0 Å². The van der Waals surface area contributed by atoms with Crippen molar-refractivity contribution in [2.24, 2.45) is 0 Å². The summed E-state index contributed by atoms with van der Waals surface area (Å²) in [5.74, 6) is -0.927. The largest absolute Gasteiger partial charge is 0.462 e. The monoisotopic (exact) mass is 877 g/mol. The van der Waals surface area contributed by atoms with Gasteiger partial charge in [0.05, 0.1) is 19.8 Å². The number of unbranched alkanes of at least 4 members (excludes halogenated alkanes) is 20. The zero-order valence-electron chi connectivity index (χ0n) is 37.4. The van der Waals surface area contributed by atoms with Crippen LogP contribution in [0.1, 0.15) is 174 Å². The molecule has 0 aromatic carbocycles. The molecule has 15 heteroatoms. The third kappa shape index (κ3) is 23.7. The second-order valence-electron chi connectivity index (χ2n) is 16.9. The molecule has 0 aromatic heterocycles. The lowest BCUT2D eigenvalue weighted by atomic mass is 9.98. The van der Waals surface area contributed by atoms with Crippen LogP contribution in [0.3, 0.4) is 0 Å². The zero-order chi connectivity index (χ0) is 44.7. The van der Waals surface area contributed by atoms with E-state index in [-0.39, 0.29) is 26.1 Å². The highest BCUT2D eigenvalue weighted by Gasteiger charge is 2.47. The molecule has 2 aliphatic heterocycles. The van der Waals surface area contributed by atoms with Crippen molar-refractivity contribution >= 4 is 11.9 Å². The van der Waals surface area contributed by atoms with Crippen LogP contribution < -0.4 is 0 Å². The van der Waals surface area contributed by atoms with E-state index in [1.165, 1.54) is 89.9 Å². The highest BCUT2D eigenvalue weighted by Crippen LogP contribution is 2.26. The Morgan fingerprint density at radius 3 is 1.46 bits per heavy atom. The number of rotatable bonds is 36. The first kappa shape index (κ1) is 55.4. The Kier molecular flexibility index (Phi) is 31.4. The molecular formula is C46H84O15. The molecule has 7 N–H and O–H groups in total. The van der Waals surface area contributed by atoms with Gasteiger partial charge in [-0.1, -0.05) is 135 Å². The Morgan fingerprint density at radius 2 is 0.934 bits per heavy atom. The first-order chi connectivity index (χ1) is 29.5. The summed E-state index contributed by atoms with van der Waals surface area (Å²) in [6, 6.07) is 0. The van der Waals surface area contributed by atoms with Gasteiger partial charge >= 0.3 is 11.9 Å². The minimum Gasteiger partial charge on any atom is -0.462 e. The predicted octanol–water partition coefficient (Wildman–Crippen LogP) is 5.43. The Bertz CT molecular complexity index is 1120. The first-order valence-corrected chi connectivity index (χ1v) is 23.8. The molecular weight excluding hydrogens is 792 g/mol. The number of esters is 2. The standard InChI is InChI=1S/C46H84O15/c1-3-5-7-9-11-13-14-15-16-17-18-19-20-21-23-25-27-29-38(49)59-34(31-56-37(48)28-26-24-22-12-10-8-6-4-2)32-57-45-44(55)42(53)40(51)36(61-45)33-58-46-43(54)41(52)39(50)35(30-47)60-46/h13-14,34-36,39-47,50-55H,3-12,15-33H2,1-2H3/b14-13+/t34-,35+,36+,39-,40-,41?,42?,43?,44?,45+,46+/m1/s1. The summed E-state index contributed by atoms with van der Waals surface area (Å²) in [6.07, 6.45) is 14.1. The van der Waals surface area contributed by atoms with E-state index >= 15 is 0 Å². The number of ether oxygens (including phenoxy) is 6. The first-order valence-electron chi connectivity index (χ1n) is 23.8. The summed E-state index contributed by atoms with van der Waals surface area (Å²) in [5.41, 5.74) is 0. The average molecular weight is 877 g/mol. The molecule has 0 radical (unpaired) electrons. The van der Waals surface area contributed by atoms with E-state index in [1.807, 2.05) is 0 Å². The van der Waals surface area contributed by atoms with Gasteiger partial charge in [-0.05, 0) is 38.5 Å². The maximum absolute atomic E-state index is 12.9. The van der Waals surface area contributed by atoms with Gasteiger partial charge in [-0.3, -0.25) is 9.59 Å². The fourth-order valence-corrected chi connectivity index (χ4v) is 7.50. The zero-order valence-corrected chi connectivity index (χ0v) is 37.4. The van der Waals surface area contributed by atoms with Gasteiger partial charge in [0.1, 0.15) is 55.4 Å². The number of carbonyl (C=O) groups excluding carboxylic acids is 2. The average Bonchev–Trinajstić information content (AvgIpc) is 3.25. The van der Waals surface area contributed by atoms with Crippen molar-refractivity contribution in [1.82, 2.24) is 0 Å². The Balaban J connectivity index is 1.81. The molecule has 61 heavy (non-hydrogen) atoms. The normalized spacial score (nSPS) is 27.4. The second kappa shape index (κ2) is 34.6. The van der Waals surface area contributed by atoms with Gasteiger partial charge in [0.25, 0.3) is 0 Å². The van der Waals surface area contributed by atoms with E-state index in [1.54, 1.807) is 0 Å². The van der Waals surface area contributed by atoms with Crippen LogP contribution in [0, 0.1) is 0 Å². The maximum Gasteiger partial charge on any atom is 0.306 e. The molecule has 2 rings (SSSR count).